The number of urea groups is 1. The average molecular weight is 403 g/mol. The number of carboxylic acids is 1. The second-order valence-electron chi connectivity index (χ2n) is 5.79. The zero-order chi connectivity index (χ0) is 20.3. The molecule has 1 fully saturated rings. The molecule has 2 aromatic carbocycles. The number of nitrogens with one attached hydrogen (secondary N) is 2. The summed E-state index contributed by atoms with van der Waals surface area (Å²) in [7, 11) is 1.45. The molecule has 9 heteroatoms. The van der Waals surface area contributed by atoms with E-state index in [2.05, 4.69) is 10.6 Å². The summed E-state index contributed by atoms with van der Waals surface area (Å²) in [5, 5.41) is 13.7. The third kappa shape index (κ3) is 4.24. The van der Waals surface area contributed by atoms with Crippen molar-refractivity contribution in [3.63, 3.8) is 0 Å². The summed E-state index contributed by atoms with van der Waals surface area (Å²) in [5.41, 5.74) is 1.56. The van der Waals surface area contributed by atoms with Gasteiger partial charge in [0.1, 0.15) is 12.3 Å². The monoisotopic (exact) mass is 402 g/mol. The number of ether oxygens (including phenoxy) is 2. The molecule has 3 amide bonds. The van der Waals surface area contributed by atoms with Crippen LogP contribution in [0.3, 0.4) is 0 Å². The minimum absolute atomic E-state index is 0.0929. The van der Waals surface area contributed by atoms with E-state index in [4.69, 9.17) is 26.2 Å². The normalized spacial score (nSPS) is 14.6. The zero-order valence-electron chi connectivity index (χ0n) is 14.6. The summed E-state index contributed by atoms with van der Waals surface area (Å²) in [6.45, 7) is 0.148. The summed E-state index contributed by atoms with van der Waals surface area (Å²) in [5.74, 6) is -0.904. The maximum atomic E-state index is 11.6. The fourth-order valence-electron chi connectivity index (χ4n) is 2.51. The molecule has 0 bridgehead atoms. The molecule has 1 aliphatic rings. The second-order valence-corrected chi connectivity index (χ2v) is 6.20. The summed E-state index contributed by atoms with van der Waals surface area (Å²) in [4.78, 5) is 33.7. The first-order chi connectivity index (χ1) is 13.4. The molecule has 28 heavy (non-hydrogen) atoms. The van der Waals surface area contributed by atoms with Gasteiger partial charge in [0.15, 0.2) is 11.5 Å². The predicted molar refractivity (Wildman–Crippen MR) is 100 cm³/mol. The fourth-order valence-corrected chi connectivity index (χ4v) is 2.78. The number of rotatable bonds is 6. The molecular weight excluding hydrogens is 388 g/mol. The Kier molecular flexibility index (Phi) is 5.51. The van der Waals surface area contributed by atoms with E-state index in [0.29, 0.717) is 17.1 Å². The van der Waals surface area contributed by atoms with Gasteiger partial charge < -0.3 is 19.9 Å². The number of methoxy groups -OCH3 is 1. The van der Waals surface area contributed by atoms with Crippen molar-refractivity contribution in [2.24, 2.45) is 0 Å². The maximum Gasteiger partial charge on any atom is 0.335 e. The molecule has 1 aliphatic heterocycles. The highest BCUT2D eigenvalue weighted by Crippen LogP contribution is 2.37. The van der Waals surface area contributed by atoms with Gasteiger partial charge in [-0.1, -0.05) is 23.7 Å². The molecule has 144 valence electrons. The number of aromatic carboxylic acids is 1. The van der Waals surface area contributed by atoms with Crippen LogP contribution in [0.4, 0.5) is 4.79 Å². The van der Waals surface area contributed by atoms with Crippen LogP contribution < -0.4 is 20.1 Å². The standard InChI is InChI=1S/C19H15ClN2O6/c1-27-15-8-11(7-14-17(23)22-19(26)21-14)6-13(20)16(15)28-9-10-2-4-12(5-3-10)18(24)25/h2-8H,9H2,1H3,(H,24,25)(H2,21,22,23,26)/b14-7-. The van der Waals surface area contributed by atoms with Crippen LogP contribution in [0.15, 0.2) is 42.1 Å². The van der Waals surface area contributed by atoms with E-state index in [1.165, 1.54) is 25.3 Å². The number of carbonyl (C=O) groups excluding carboxylic acids is 2. The Balaban J connectivity index is 1.80. The van der Waals surface area contributed by atoms with Crippen molar-refractivity contribution in [1.82, 2.24) is 10.6 Å². The van der Waals surface area contributed by atoms with Gasteiger partial charge in [-0.2, -0.15) is 0 Å². The van der Waals surface area contributed by atoms with E-state index in [9.17, 15) is 14.4 Å². The summed E-state index contributed by atoms with van der Waals surface area (Å²) in [6, 6.07) is 8.83. The molecular formula is C19H15ClN2O6. The van der Waals surface area contributed by atoms with Crippen LogP contribution >= 0.6 is 11.6 Å². The summed E-state index contributed by atoms with van der Waals surface area (Å²) >= 11 is 6.30. The number of hydrogen-bond donors (Lipinski definition) is 3. The molecule has 3 N–H and O–H groups in total. The summed E-state index contributed by atoms with van der Waals surface area (Å²) < 4.78 is 11.0. The van der Waals surface area contributed by atoms with E-state index in [-0.39, 0.29) is 22.9 Å². The zero-order valence-corrected chi connectivity index (χ0v) is 15.4. The van der Waals surface area contributed by atoms with Gasteiger partial charge in [-0.3, -0.25) is 10.1 Å². The van der Waals surface area contributed by atoms with Crippen molar-refractivity contribution in [3.05, 3.63) is 63.8 Å². The van der Waals surface area contributed by atoms with Crippen LogP contribution in [0, 0.1) is 0 Å². The first-order valence-electron chi connectivity index (χ1n) is 8.04. The molecule has 0 aromatic heterocycles. The highest BCUT2D eigenvalue weighted by Gasteiger charge is 2.23. The fraction of sp³-hybridized carbons (Fsp3) is 0.105. The van der Waals surface area contributed by atoms with Crippen molar-refractivity contribution in [2.75, 3.05) is 7.11 Å². The van der Waals surface area contributed by atoms with Gasteiger partial charge in [-0.25, -0.2) is 9.59 Å². The minimum Gasteiger partial charge on any atom is -0.493 e. The van der Waals surface area contributed by atoms with Crippen LogP contribution in [0.5, 0.6) is 11.5 Å². The smallest absolute Gasteiger partial charge is 0.335 e. The van der Waals surface area contributed by atoms with Gasteiger partial charge in [-0.15, -0.1) is 0 Å². The molecule has 3 rings (SSSR count). The lowest BCUT2D eigenvalue weighted by molar-refractivity contribution is -0.115. The second kappa shape index (κ2) is 8.01. The van der Waals surface area contributed by atoms with E-state index in [1.54, 1.807) is 24.3 Å². The Labute approximate surface area is 164 Å². The minimum atomic E-state index is -1.01. The van der Waals surface area contributed by atoms with E-state index in [1.807, 2.05) is 0 Å². The molecule has 0 spiro atoms. The van der Waals surface area contributed by atoms with Crippen LogP contribution in [0.2, 0.25) is 5.02 Å². The molecule has 2 aromatic rings. The lowest BCUT2D eigenvalue weighted by atomic mass is 10.1. The Morgan fingerprint density at radius 1 is 1.18 bits per heavy atom. The van der Waals surface area contributed by atoms with E-state index >= 15 is 0 Å². The Morgan fingerprint density at radius 2 is 1.89 bits per heavy atom. The predicted octanol–water partition coefficient (Wildman–Crippen LogP) is 2.81. The van der Waals surface area contributed by atoms with Crippen LogP contribution in [-0.4, -0.2) is 30.1 Å². The number of carboxylic acid groups (broad SMARTS) is 1. The number of imide groups is 1. The number of amides is 3. The lowest BCUT2D eigenvalue weighted by Gasteiger charge is -2.13. The SMILES string of the molecule is COc1cc(/C=C2\NC(=O)NC2=O)cc(Cl)c1OCc1ccc(C(=O)O)cc1. The molecule has 8 nitrogen and oxygen atoms in total. The van der Waals surface area contributed by atoms with Gasteiger partial charge in [0.25, 0.3) is 5.91 Å². The molecule has 1 heterocycles. The Hall–Kier alpha value is -3.52. The molecule has 0 saturated carbocycles. The molecule has 0 atom stereocenters. The molecule has 0 unspecified atom stereocenters. The molecule has 1 saturated heterocycles. The number of hydrogen-bond acceptors (Lipinski definition) is 5. The van der Waals surface area contributed by atoms with Crippen LogP contribution in [-0.2, 0) is 11.4 Å². The van der Waals surface area contributed by atoms with E-state index < -0.39 is 17.9 Å². The largest absolute Gasteiger partial charge is 0.493 e. The van der Waals surface area contributed by atoms with Crippen molar-refractivity contribution in [2.45, 2.75) is 6.61 Å². The third-order valence-corrected chi connectivity index (χ3v) is 4.15. The van der Waals surface area contributed by atoms with Crippen molar-refractivity contribution in [3.8, 4) is 11.5 Å². The number of halogens is 1. The maximum absolute atomic E-state index is 11.6. The highest BCUT2D eigenvalue weighted by molar-refractivity contribution is 6.32. The Bertz CT molecular complexity index is 985. The lowest BCUT2D eigenvalue weighted by Crippen LogP contribution is -2.22. The number of carbonyl (C=O) groups is 3. The van der Waals surface area contributed by atoms with Crippen LogP contribution in [0.25, 0.3) is 6.08 Å². The van der Waals surface area contributed by atoms with Gasteiger partial charge in [0, 0.05) is 0 Å². The van der Waals surface area contributed by atoms with Crippen molar-refractivity contribution < 1.29 is 29.0 Å². The first-order valence-corrected chi connectivity index (χ1v) is 8.42. The summed E-state index contributed by atoms with van der Waals surface area (Å²) in [6.07, 6.45) is 1.46. The van der Waals surface area contributed by atoms with Crippen molar-refractivity contribution >= 4 is 35.6 Å². The molecule has 0 aliphatic carbocycles. The van der Waals surface area contributed by atoms with Crippen LogP contribution in [0.1, 0.15) is 21.5 Å². The first kappa shape index (κ1) is 19.2. The quantitative estimate of drug-likeness (QED) is 0.505. The van der Waals surface area contributed by atoms with Crippen molar-refractivity contribution in [1.29, 1.82) is 0 Å². The van der Waals surface area contributed by atoms with E-state index in [0.717, 1.165) is 5.56 Å². The number of benzene rings is 2. The topological polar surface area (TPSA) is 114 Å². The van der Waals surface area contributed by atoms with Gasteiger partial charge in [-0.05, 0) is 41.5 Å². The van der Waals surface area contributed by atoms with Gasteiger partial charge in [0.2, 0.25) is 0 Å². The Morgan fingerprint density at radius 3 is 2.46 bits per heavy atom. The highest BCUT2D eigenvalue weighted by atomic mass is 35.5. The van der Waals surface area contributed by atoms with Gasteiger partial charge >= 0.3 is 12.0 Å². The van der Waals surface area contributed by atoms with Gasteiger partial charge in [0.05, 0.1) is 17.7 Å². The third-order valence-electron chi connectivity index (χ3n) is 3.87. The molecule has 0 radical (unpaired) electrons. The average Bonchev–Trinajstić information content (AvgIpc) is 2.97.